The van der Waals surface area contributed by atoms with E-state index in [0.29, 0.717) is 17.7 Å². The van der Waals surface area contributed by atoms with E-state index in [0.717, 1.165) is 18.4 Å². The molecule has 0 spiro atoms. The second-order valence-corrected chi connectivity index (χ2v) is 6.76. The number of carbonyl (C=O) groups excluding carboxylic acids is 1. The normalized spacial score (nSPS) is 11.2. The van der Waals surface area contributed by atoms with Gasteiger partial charge in [0.15, 0.2) is 5.12 Å². The van der Waals surface area contributed by atoms with Crippen molar-refractivity contribution < 1.29 is 19.4 Å². The summed E-state index contributed by atoms with van der Waals surface area (Å²) in [4.78, 5) is 23.6. The summed E-state index contributed by atoms with van der Waals surface area (Å²) in [6.45, 7) is 0. The van der Waals surface area contributed by atoms with E-state index in [4.69, 9.17) is 4.74 Å². The van der Waals surface area contributed by atoms with Crippen LogP contribution >= 0.6 is 11.8 Å². The fraction of sp³-hybridized carbons (Fsp3) is 0.238. The van der Waals surface area contributed by atoms with Gasteiger partial charge in [-0.25, -0.2) is 4.79 Å². The monoisotopic (exact) mass is 370 g/mol. The topological polar surface area (TPSA) is 63.6 Å². The van der Waals surface area contributed by atoms with E-state index in [1.807, 2.05) is 30.3 Å². The van der Waals surface area contributed by atoms with Crippen LogP contribution in [0.1, 0.15) is 29.5 Å². The number of carboxylic acids is 1. The molecule has 2 aromatic carbocycles. The summed E-state index contributed by atoms with van der Waals surface area (Å²) < 4.78 is 4.88. The number of hydrogen-bond acceptors (Lipinski definition) is 4. The highest BCUT2D eigenvalue weighted by Gasteiger charge is 2.15. The maximum Gasteiger partial charge on any atom is 0.339 e. The molecule has 0 aliphatic carbocycles. The highest BCUT2D eigenvalue weighted by Crippen LogP contribution is 2.25. The van der Waals surface area contributed by atoms with Gasteiger partial charge in [-0.05, 0) is 29.5 Å². The molecule has 0 unspecified atom stereocenters. The zero-order valence-electron chi connectivity index (χ0n) is 14.7. The molecule has 0 radical (unpaired) electrons. The lowest BCUT2D eigenvalue weighted by Crippen LogP contribution is -2.04. The smallest absolute Gasteiger partial charge is 0.339 e. The molecule has 0 aliphatic rings. The summed E-state index contributed by atoms with van der Waals surface area (Å²) >= 11 is 1.23. The molecule has 2 rings (SSSR count). The van der Waals surface area contributed by atoms with E-state index in [-0.39, 0.29) is 10.7 Å². The Hall–Kier alpha value is -2.53. The summed E-state index contributed by atoms with van der Waals surface area (Å²) in [5, 5.41) is 9.48. The molecule has 4 nitrogen and oxygen atoms in total. The van der Waals surface area contributed by atoms with Gasteiger partial charge in [0.1, 0.15) is 5.57 Å². The molecule has 2 aromatic rings. The second-order valence-electron chi connectivity index (χ2n) is 5.73. The van der Waals surface area contributed by atoms with Crippen molar-refractivity contribution >= 4 is 28.4 Å². The van der Waals surface area contributed by atoms with Gasteiger partial charge in [-0.3, -0.25) is 4.79 Å². The predicted molar refractivity (Wildman–Crippen MR) is 105 cm³/mol. The van der Waals surface area contributed by atoms with Crippen LogP contribution in [0.4, 0.5) is 0 Å². The number of rotatable bonds is 9. The minimum absolute atomic E-state index is 0.0835. The van der Waals surface area contributed by atoms with Crippen molar-refractivity contribution in [1.82, 2.24) is 0 Å². The first-order valence-corrected chi connectivity index (χ1v) is 9.34. The van der Waals surface area contributed by atoms with Crippen molar-refractivity contribution in [3.8, 4) is 0 Å². The molecule has 0 aromatic heterocycles. The van der Waals surface area contributed by atoms with Crippen LogP contribution in [0.5, 0.6) is 0 Å². The first kappa shape index (κ1) is 19.8. The Morgan fingerprint density at radius 3 is 2.46 bits per heavy atom. The van der Waals surface area contributed by atoms with E-state index in [1.165, 1.54) is 30.7 Å². The third kappa shape index (κ3) is 6.08. The van der Waals surface area contributed by atoms with Gasteiger partial charge in [-0.1, -0.05) is 66.4 Å². The highest BCUT2D eigenvalue weighted by atomic mass is 32.2. The van der Waals surface area contributed by atoms with E-state index >= 15 is 0 Å². The Labute approximate surface area is 157 Å². The van der Waals surface area contributed by atoms with Crippen molar-refractivity contribution in [2.75, 3.05) is 7.11 Å². The molecule has 0 heterocycles. The standard InChI is InChI=1S/C21H22O4S/c1-25-14-19(21(23)24)18-12-6-5-11-17(18)15-26-20(22)13-7-10-16-8-3-2-4-9-16/h2-6,8-9,11-12,14H,7,10,13,15H2,1H3,(H,23,24). The number of methoxy groups -OCH3 is 1. The fourth-order valence-electron chi connectivity index (χ4n) is 2.57. The molecule has 0 aliphatic heterocycles. The largest absolute Gasteiger partial charge is 0.503 e. The molecule has 5 heteroatoms. The maximum absolute atomic E-state index is 12.2. The van der Waals surface area contributed by atoms with Crippen LogP contribution in [0.15, 0.2) is 60.9 Å². The minimum Gasteiger partial charge on any atom is -0.503 e. The van der Waals surface area contributed by atoms with E-state index in [9.17, 15) is 14.7 Å². The van der Waals surface area contributed by atoms with E-state index in [2.05, 4.69) is 12.1 Å². The van der Waals surface area contributed by atoms with Gasteiger partial charge < -0.3 is 9.84 Å². The van der Waals surface area contributed by atoms with Gasteiger partial charge in [0.05, 0.1) is 13.4 Å². The lowest BCUT2D eigenvalue weighted by atomic mass is 10.0. The van der Waals surface area contributed by atoms with Crippen LogP contribution in [0.3, 0.4) is 0 Å². The molecule has 0 saturated carbocycles. The van der Waals surface area contributed by atoms with Gasteiger partial charge >= 0.3 is 5.97 Å². The summed E-state index contributed by atoms with van der Waals surface area (Å²) in [5.41, 5.74) is 2.69. The maximum atomic E-state index is 12.2. The van der Waals surface area contributed by atoms with Crippen molar-refractivity contribution in [3.05, 3.63) is 77.5 Å². The average molecular weight is 370 g/mol. The van der Waals surface area contributed by atoms with Gasteiger partial charge in [0.2, 0.25) is 0 Å². The molecular weight excluding hydrogens is 348 g/mol. The first-order valence-electron chi connectivity index (χ1n) is 8.36. The first-order chi connectivity index (χ1) is 12.6. The quantitative estimate of drug-likeness (QED) is 0.518. The SMILES string of the molecule is COC=C(C(=O)O)c1ccccc1CSC(=O)CCCc1ccccc1. The zero-order chi connectivity index (χ0) is 18.8. The Balaban J connectivity index is 1.91. The number of aliphatic carboxylic acids is 1. The summed E-state index contributed by atoms with van der Waals surface area (Å²) in [7, 11) is 1.41. The average Bonchev–Trinajstić information content (AvgIpc) is 2.65. The highest BCUT2D eigenvalue weighted by molar-refractivity contribution is 8.12. The van der Waals surface area contributed by atoms with Crippen LogP contribution in [0.2, 0.25) is 0 Å². The lowest BCUT2D eigenvalue weighted by Gasteiger charge is -2.09. The fourth-order valence-corrected chi connectivity index (χ4v) is 3.42. The minimum atomic E-state index is -1.06. The van der Waals surface area contributed by atoms with Crippen LogP contribution in [-0.2, 0) is 26.5 Å². The predicted octanol–water partition coefficient (Wildman–Crippen LogP) is 4.54. The Kier molecular flexibility index (Phi) is 7.96. The van der Waals surface area contributed by atoms with Crippen molar-refractivity contribution in [2.24, 2.45) is 0 Å². The molecule has 26 heavy (non-hydrogen) atoms. The Morgan fingerprint density at radius 1 is 1.08 bits per heavy atom. The molecule has 0 saturated heterocycles. The van der Waals surface area contributed by atoms with Crippen LogP contribution in [-0.4, -0.2) is 23.3 Å². The van der Waals surface area contributed by atoms with Crippen LogP contribution in [0, 0.1) is 0 Å². The van der Waals surface area contributed by atoms with Gasteiger partial charge in [-0.15, -0.1) is 0 Å². The van der Waals surface area contributed by atoms with Crippen LogP contribution < -0.4 is 0 Å². The molecule has 0 bridgehead atoms. The number of thioether (sulfide) groups is 1. The molecule has 136 valence electrons. The van der Waals surface area contributed by atoms with Gasteiger partial charge in [-0.2, -0.15) is 0 Å². The number of hydrogen-bond donors (Lipinski definition) is 1. The number of carboxylic acid groups (broad SMARTS) is 1. The summed E-state index contributed by atoms with van der Waals surface area (Å²) in [6, 6.07) is 17.3. The number of aryl methyl sites for hydroxylation is 1. The van der Waals surface area contributed by atoms with Crippen molar-refractivity contribution in [3.63, 3.8) is 0 Å². The second kappa shape index (κ2) is 10.5. The van der Waals surface area contributed by atoms with Crippen LogP contribution in [0.25, 0.3) is 5.57 Å². The van der Waals surface area contributed by atoms with E-state index in [1.54, 1.807) is 12.1 Å². The van der Waals surface area contributed by atoms with Crippen molar-refractivity contribution in [1.29, 1.82) is 0 Å². The third-order valence-corrected chi connectivity index (χ3v) is 4.83. The van der Waals surface area contributed by atoms with Gasteiger partial charge in [0.25, 0.3) is 0 Å². The lowest BCUT2D eigenvalue weighted by molar-refractivity contribution is -0.130. The van der Waals surface area contributed by atoms with E-state index < -0.39 is 5.97 Å². The Bertz CT molecular complexity index is 769. The number of ether oxygens (including phenoxy) is 1. The van der Waals surface area contributed by atoms with Gasteiger partial charge in [0, 0.05) is 12.2 Å². The molecule has 1 N–H and O–H groups in total. The molecule has 0 amide bonds. The molecule has 0 atom stereocenters. The summed E-state index contributed by atoms with van der Waals surface area (Å²) in [6.07, 6.45) is 3.40. The zero-order valence-corrected chi connectivity index (χ0v) is 15.5. The summed E-state index contributed by atoms with van der Waals surface area (Å²) in [5.74, 6) is -0.618. The number of carbonyl (C=O) groups is 2. The molecular formula is C21H22O4S. The Morgan fingerprint density at radius 2 is 1.77 bits per heavy atom. The third-order valence-electron chi connectivity index (χ3n) is 3.85. The number of benzene rings is 2. The molecule has 0 fully saturated rings. The van der Waals surface area contributed by atoms with Crippen molar-refractivity contribution in [2.45, 2.75) is 25.0 Å².